The number of fused-ring (bicyclic) bond motifs is 1. The fourth-order valence-corrected chi connectivity index (χ4v) is 2.48. The molecule has 104 valence electrons. The molecule has 0 aliphatic carbocycles. The molecule has 0 bridgehead atoms. The van der Waals surface area contributed by atoms with Crippen LogP contribution in [-0.4, -0.2) is 42.4 Å². The highest BCUT2D eigenvalue weighted by Gasteiger charge is 2.24. The maximum absolute atomic E-state index is 11.4. The first-order valence-electron chi connectivity index (χ1n) is 6.46. The van der Waals surface area contributed by atoms with Gasteiger partial charge in [-0.15, -0.1) is 0 Å². The zero-order chi connectivity index (χ0) is 14.0. The predicted molar refractivity (Wildman–Crippen MR) is 73.1 cm³/mol. The van der Waals surface area contributed by atoms with Crippen molar-refractivity contribution in [2.45, 2.75) is 25.6 Å². The minimum absolute atomic E-state index is 0.0299. The Morgan fingerprint density at radius 3 is 2.84 bits per heavy atom. The minimum Gasteiger partial charge on any atom is -0.389 e. The minimum atomic E-state index is -0.913. The first kappa shape index (κ1) is 14.0. The molecule has 1 aromatic rings. The molecule has 0 fully saturated rings. The van der Waals surface area contributed by atoms with Crippen LogP contribution < -0.4 is 10.2 Å². The second kappa shape index (κ2) is 5.69. The molecule has 1 aliphatic heterocycles. The monoisotopic (exact) mass is 264 g/mol. The molecule has 19 heavy (non-hydrogen) atoms. The number of hydrogen-bond acceptors (Lipinski definition) is 4. The summed E-state index contributed by atoms with van der Waals surface area (Å²) in [4.78, 5) is 13.2. The van der Waals surface area contributed by atoms with Crippen LogP contribution in [0.4, 0.5) is 5.69 Å². The van der Waals surface area contributed by atoms with E-state index in [1.54, 1.807) is 24.9 Å². The van der Waals surface area contributed by atoms with Gasteiger partial charge in [0.05, 0.1) is 6.10 Å². The van der Waals surface area contributed by atoms with E-state index in [-0.39, 0.29) is 5.91 Å². The van der Waals surface area contributed by atoms with Gasteiger partial charge < -0.3 is 20.4 Å². The second-order valence-electron chi connectivity index (χ2n) is 4.88. The summed E-state index contributed by atoms with van der Waals surface area (Å²) in [5, 5.41) is 22.7. The zero-order valence-electron chi connectivity index (χ0n) is 11.3. The molecule has 1 amide bonds. The quantitative estimate of drug-likeness (QED) is 0.727. The average molecular weight is 264 g/mol. The molecular formula is C14H20N2O3. The van der Waals surface area contributed by atoms with E-state index in [2.05, 4.69) is 5.32 Å². The summed E-state index contributed by atoms with van der Waals surface area (Å²) in [6, 6.07) is 5.49. The molecule has 1 heterocycles. The normalized spacial score (nSPS) is 17.2. The van der Waals surface area contributed by atoms with Gasteiger partial charge in [0.15, 0.2) is 0 Å². The molecular weight excluding hydrogens is 244 g/mol. The van der Waals surface area contributed by atoms with E-state index in [1.165, 1.54) is 0 Å². The Kier molecular flexibility index (Phi) is 4.19. The Balaban J connectivity index is 2.21. The molecule has 2 atom stereocenters. The number of aliphatic hydroxyl groups excluding tert-OH is 2. The Hall–Kier alpha value is -1.43. The first-order valence-corrected chi connectivity index (χ1v) is 6.46. The molecule has 1 aromatic carbocycles. The summed E-state index contributed by atoms with van der Waals surface area (Å²) in [5.41, 5.74) is 2.64. The average Bonchev–Trinajstić information content (AvgIpc) is 2.80. The van der Waals surface area contributed by atoms with Crippen LogP contribution >= 0.6 is 0 Å². The third-order valence-corrected chi connectivity index (χ3v) is 3.50. The number of nitrogens with zero attached hydrogens (tertiary/aromatic N) is 1. The van der Waals surface area contributed by atoms with Crippen molar-refractivity contribution in [1.29, 1.82) is 0 Å². The van der Waals surface area contributed by atoms with Crippen LogP contribution in [0.3, 0.4) is 0 Å². The molecule has 5 nitrogen and oxygen atoms in total. The van der Waals surface area contributed by atoms with Gasteiger partial charge in [-0.25, -0.2) is 0 Å². The number of anilines is 1. The molecule has 2 unspecified atom stereocenters. The van der Waals surface area contributed by atoms with Crippen molar-refractivity contribution < 1.29 is 15.0 Å². The lowest BCUT2D eigenvalue weighted by Gasteiger charge is -2.19. The van der Waals surface area contributed by atoms with E-state index >= 15 is 0 Å². The van der Waals surface area contributed by atoms with E-state index in [4.69, 9.17) is 0 Å². The standard InChI is InChI=1S/C14H20N2O3/c1-9(17)16-6-5-10-7-11(3-4-12(10)16)14(19)13(18)8-15-2/h3-4,7,13-15,18-19H,5-6,8H2,1-2H3. The number of rotatable bonds is 4. The smallest absolute Gasteiger partial charge is 0.223 e. The second-order valence-corrected chi connectivity index (χ2v) is 4.88. The number of likely N-dealkylation sites (N-methyl/N-ethyl adjacent to an activating group) is 1. The highest BCUT2D eigenvalue weighted by Crippen LogP contribution is 2.31. The number of carbonyl (C=O) groups is 1. The van der Waals surface area contributed by atoms with Crippen molar-refractivity contribution in [3.05, 3.63) is 29.3 Å². The number of hydrogen-bond donors (Lipinski definition) is 3. The molecule has 3 N–H and O–H groups in total. The Bertz CT molecular complexity index is 476. The van der Waals surface area contributed by atoms with Crippen molar-refractivity contribution in [3.63, 3.8) is 0 Å². The summed E-state index contributed by atoms with van der Waals surface area (Å²) < 4.78 is 0. The van der Waals surface area contributed by atoms with Gasteiger partial charge in [-0.3, -0.25) is 4.79 Å². The highest BCUT2D eigenvalue weighted by atomic mass is 16.3. The van der Waals surface area contributed by atoms with Crippen LogP contribution in [-0.2, 0) is 11.2 Å². The highest BCUT2D eigenvalue weighted by molar-refractivity contribution is 5.93. The lowest BCUT2D eigenvalue weighted by Crippen LogP contribution is -2.29. The van der Waals surface area contributed by atoms with Gasteiger partial charge in [-0.2, -0.15) is 0 Å². The fraction of sp³-hybridized carbons (Fsp3) is 0.500. The van der Waals surface area contributed by atoms with Crippen molar-refractivity contribution in [1.82, 2.24) is 5.32 Å². The number of nitrogens with one attached hydrogen (secondary N) is 1. The molecule has 1 aliphatic rings. The zero-order valence-corrected chi connectivity index (χ0v) is 11.3. The van der Waals surface area contributed by atoms with E-state index in [1.807, 2.05) is 12.1 Å². The van der Waals surface area contributed by atoms with E-state index in [0.717, 1.165) is 17.7 Å². The third-order valence-electron chi connectivity index (χ3n) is 3.50. The number of aliphatic hydroxyl groups is 2. The van der Waals surface area contributed by atoms with Crippen LogP contribution in [0, 0.1) is 0 Å². The van der Waals surface area contributed by atoms with Crippen molar-refractivity contribution >= 4 is 11.6 Å². The van der Waals surface area contributed by atoms with Crippen LogP contribution in [0.1, 0.15) is 24.2 Å². The van der Waals surface area contributed by atoms with E-state index in [0.29, 0.717) is 18.7 Å². The van der Waals surface area contributed by atoms with Crippen LogP contribution in [0.15, 0.2) is 18.2 Å². The van der Waals surface area contributed by atoms with Gasteiger partial charge in [0, 0.05) is 25.7 Å². The van der Waals surface area contributed by atoms with Crippen molar-refractivity contribution in [2.75, 3.05) is 25.0 Å². The summed E-state index contributed by atoms with van der Waals surface area (Å²) in [6.45, 7) is 2.57. The van der Waals surface area contributed by atoms with Crippen LogP contribution in [0.25, 0.3) is 0 Å². The Morgan fingerprint density at radius 1 is 1.47 bits per heavy atom. The van der Waals surface area contributed by atoms with Gasteiger partial charge in [-0.05, 0) is 30.7 Å². The lowest BCUT2D eigenvalue weighted by molar-refractivity contribution is -0.116. The van der Waals surface area contributed by atoms with Crippen LogP contribution in [0.2, 0.25) is 0 Å². The molecule has 0 saturated heterocycles. The summed E-state index contributed by atoms with van der Waals surface area (Å²) in [7, 11) is 1.73. The first-order chi connectivity index (χ1) is 9.04. The molecule has 0 saturated carbocycles. The Labute approximate surface area is 112 Å². The molecule has 0 spiro atoms. The number of amides is 1. The molecule has 5 heteroatoms. The van der Waals surface area contributed by atoms with Gasteiger partial charge in [0.1, 0.15) is 6.10 Å². The van der Waals surface area contributed by atoms with Gasteiger partial charge in [0.2, 0.25) is 5.91 Å². The van der Waals surface area contributed by atoms with Crippen molar-refractivity contribution in [2.24, 2.45) is 0 Å². The summed E-state index contributed by atoms with van der Waals surface area (Å²) in [5.74, 6) is 0.0299. The maximum Gasteiger partial charge on any atom is 0.223 e. The van der Waals surface area contributed by atoms with Gasteiger partial charge in [-0.1, -0.05) is 12.1 Å². The molecule has 0 radical (unpaired) electrons. The SMILES string of the molecule is CNCC(O)C(O)c1ccc2c(c1)CCN2C(C)=O. The third kappa shape index (κ3) is 2.78. The summed E-state index contributed by atoms with van der Waals surface area (Å²) in [6.07, 6.45) is -0.963. The Morgan fingerprint density at radius 2 is 2.21 bits per heavy atom. The van der Waals surface area contributed by atoms with E-state index < -0.39 is 12.2 Å². The lowest BCUT2D eigenvalue weighted by atomic mass is 10.0. The van der Waals surface area contributed by atoms with Gasteiger partial charge in [0.25, 0.3) is 0 Å². The van der Waals surface area contributed by atoms with Crippen LogP contribution in [0.5, 0.6) is 0 Å². The number of carbonyl (C=O) groups excluding carboxylic acids is 1. The molecule has 0 aromatic heterocycles. The maximum atomic E-state index is 11.4. The summed E-state index contributed by atoms with van der Waals surface area (Å²) >= 11 is 0. The fourth-order valence-electron chi connectivity index (χ4n) is 2.48. The largest absolute Gasteiger partial charge is 0.389 e. The topological polar surface area (TPSA) is 72.8 Å². The van der Waals surface area contributed by atoms with E-state index in [9.17, 15) is 15.0 Å². The number of benzene rings is 1. The predicted octanol–water partition coefficient (Wildman–Crippen LogP) is 0.209. The molecule has 2 rings (SSSR count). The van der Waals surface area contributed by atoms with Crippen molar-refractivity contribution in [3.8, 4) is 0 Å². The van der Waals surface area contributed by atoms with Gasteiger partial charge >= 0.3 is 0 Å².